The monoisotopic (exact) mass is 306 g/mol. The lowest BCUT2D eigenvalue weighted by atomic mass is 10.1. The second-order valence-electron chi connectivity index (χ2n) is 5.15. The Balaban J connectivity index is 2.51. The molecule has 0 fully saturated rings. The van der Waals surface area contributed by atoms with Gasteiger partial charge in [0.2, 0.25) is 0 Å². The normalized spacial score (nSPS) is 10.8. The van der Waals surface area contributed by atoms with Gasteiger partial charge in [-0.15, -0.1) is 0 Å². The molecule has 112 valence electrons. The van der Waals surface area contributed by atoms with E-state index in [-0.39, 0.29) is 10.7 Å². The minimum Gasteiger partial charge on any atom is -0.297 e. The van der Waals surface area contributed by atoms with Crippen molar-refractivity contribution in [1.29, 1.82) is 0 Å². The van der Waals surface area contributed by atoms with E-state index in [4.69, 9.17) is 11.6 Å². The van der Waals surface area contributed by atoms with Crippen LogP contribution in [0.25, 0.3) is 11.1 Å². The third-order valence-electron chi connectivity index (χ3n) is 3.47. The lowest BCUT2D eigenvalue weighted by molar-refractivity contribution is 0.564. The van der Waals surface area contributed by atoms with Gasteiger partial charge in [0.15, 0.2) is 0 Å². The molecule has 0 aliphatic rings. The molecular formula is C16H19ClN2O2. The zero-order valence-electron chi connectivity index (χ0n) is 12.3. The van der Waals surface area contributed by atoms with E-state index in [9.17, 15) is 9.59 Å². The van der Waals surface area contributed by atoms with Crippen molar-refractivity contribution in [3.8, 4) is 11.1 Å². The maximum Gasteiger partial charge on any atom is 0.329 e. The minimum atomic E-state index is -0.447. The molecule has 0 aliphatic carbocycles. The van der Waals surface area contributed by atoms with Gasteiger partial charge in [-0.1, -0.05) is 61.2 Å². The van der Waals surface area contributed by atoms with Crippen LogP contribution in [-0.2, 0) is 6.54 Å². The molecule has 0 saturated carbocycles. The highest BCUT2D eigenvalue weighted by molar-refractivity contribution is 6.32. The Kier molecular flexibility index (Phi) is 5.02. The molecule has 0 atom stereocenters. The molecule has 0 radical (unpaired) electrons. The molecule has 4 nitrogen and oxygen atoms in total. The summed E-state index contributed by atoms with van der Waals surface area (Å²) in [4.78, 5) is 27.0. The highest BCUT2D eigenvalue weighted by Crippen LogP contribution is 2.21. The molecule has 0 bridgehead atoms. The number of aromatic nitrogens is 2. The number of nitrogens with zero attached hydrogens (tertiary/aromatic N) is 1. The Hall–Kier alpha value is -1.81. The van der Waals surface area contributed by atoms with E-state index < -0.39 is 5.69 Å². The highest BCUT2D eigenvalue weighted by Gasteiger charge is 2.14. The summed E-state index contributed by atoms with van der Waals surface area (Å²) in [6.07, 6.45) is 2.81. The molecule has 0 unspecified atom stereocenters. The van der Waals surface area contributed by atoms with Gasteiger partial charge < -0.3 is 0 Å². The van der Waals surface area contributed by atoms with Gasteiger partial charge in [-0.25, -0.2) is 4.79 Å². The molecular weight excluding hydrogens is 288 g/mol. The molecule has 2 rings (SSSR count). The van der Waals surface area contributed by atoms with Crippen LogP contribution in [0.1, 0.15) is 31.7 Å². The Bertz CT molecular complexity index is 729. The van der Waals surface area contributed by atoms with Crippen LogP contribution in [-0.4, -0.2) is 9.55 Å². The van der Waals surface area contributed by atoms with Gasteiger partial charge in [-0.3, -0.25) is 14.3 Å². The average molecular weight is 307 g/mol. The summed E-state index contributed by atoms with van der Waals surface area (Å²) in [5, 5.41) is 0.0978. The predicted octanol–water partition coefficient (Wildman–Crippen LogP) is 3.36. The first-order valence-electron chi connectivity index (χ1n) is 7.14. The summed E-state index contributed by atoms with van der Waals surface area (Å²) in [5.41, 5.74) is 1.40. The fourth-order valence-electron chi connectivity index (χ4n) is 2.24. The largest absolute Gasteiger partial charge is 0.329 e. The molecule has 0 saturated heterocycles. The van der Waals surface area contributed by atoms with Crippen LogP contribution in [0.4, 0.5) is 0 Å². The van der Waals surface area contributed by atoms with Crippen LogP contribution >= 0.6 is 11.6 Å². The molecule has 0 aliphatic heterocycles. The number of hydrogen-bond donors (Lipinski definition) is 1. The SMILES string of the molecule is CCCCCn1c(=O)[nH]c(Cl)c(-c2ccc(C)cc2)c1=O. The molecule has 1 N–H and O–H groups in total. The standard InChI is InChI=1S/C16H19ClN2O2/c1-3-4-5-10-19-15(20)13(14(17)18-16(19)21)12-8-6-11(2)7-9-12/h6-9H,3-5,10H2,1-2H3,(H,18,21). The lowest BCUT2D eigenvalue weighted by Gasteiger charge is -2.09. The highest BCUT2D eigenvalue weighted by atomic mass is 35.5. The number of halogens is 1. The van der Waals surface area contributed by atoms with Gasteiger partial charge in [-0.2, -0.15) is 0 Å². The Morgan fingerprint density at radius 1 is 1.14 bits per heavy atom. The molecule has 2 aromatic rings. The number of aryl methyl sites for hydroxylation is 1. The van der Waals surface area contributed by atoms with Crippen molar-refractivity contribution in [2.75, 3.05) is 0 Å². The third-order valence-corrected chi connectivity index (χ3v) is 3.75. The Morgan fingerprint density at radius 3 is 2.43 bits per heavy atom. The van der Waals surface area contributed by atoms with Crippen molar-refractivity contribution in [2.24, 2.45) is 0 Å². The molecule has 1 aromatic carbocycles. The van der Waals surface area contributed by atoms with E-state index in [1.807, 2.05) is 31.2 Å². The van der Waals surface area contributed by atoms with Gasteiger partial charge in [0, 0.05) is 6.54 Å². The van der Waals surface area contributed by atoms with Crippen molar-refractivity contribution < 1.29 is 0 Å². The third kappa shape index (κ3) is 3.45. The molecule has 1 heterocycles. The average Bonchev–Trinajstić information content (AvgIpc) is 2.44. The second-order valence-corrected chi connectivity index (χ2v) is 5.53. The fraction of sp³-hybridized carbons (Fsp3) is 0.375. The summed E-state index contributed by atoms with van der Waals surface area (Å²) in [6, 6.07) is 7.51. The quantitative estimate of drug-likeness (QED) is 0.680. The van der Waals surface area contributed by atoms with Crippen molar-refractivity contribution in [3.63, 3.8) is 0 Å². The van der Waals surface area contributed by atoms with Crippen LogP contribution in [0, 0.1) is 6.92 Å². The number of H-pyrrole nitrogens is 1. The molecule has 0 spiro atoms. The first-order valence-corrected chi connectivity index (χ1v) is 7.52. The molecule has 5 heteroatoms. The maximum atomic E-state index is 12.5. The zero-order valence-corrected chi connectivity index (χ0v) is 13.0. The molecule has 0 amide bonds. The van der Waals surface area contributed by atoms with Crippen molar-refractivity contribution in [2.45, 2.75) is 39.7 Å². The summed E-state index contributed by atoms with van der Waals surface area (Å²) in [7, 11) is 0. The number of aromatic amines is 1. The van der Waals surface area contributed by atoms with Gasteiger partial charge in [0.05, 0.1) is 5.56 Å². The van der Waals surface area contributed by atoms with E-state index >= 15 is 0 Å². The first-order chi connectivity index (χ1) is 10.0. The van der Waals surface area contributed by atoms with E-state index in [1.54, 1.807) is 0 Å². The smallest absolute Gasteiger partial charge is 0.297 e. The summed E-state index contributed by atoms with van der Waals surface area (Å²) in [5.74, 6) is 0. The predicted molar refractivity (Wildman–Crippen MR) is 86.0 cm³/mol. The first kappa shape index (κ1) is 15.6. The summed E-state index contributed by atoms with van der Waals surface area (Å²) < 4.78 is 1.23. The van der Waals surface area contributed by atoms with Crippen LogP contribution in [0.3, 0.4) is 0 Å². The van der Waals surface area contributed by atoms with Crippen LogP contribution in [0.15, 0.2) is 33.9 Å². The van der Waals surface area contributed by atoms with Crippen LogP contribution in [0.2, 0.25) is 5.15 Å². The maximum absolute atomic E-state index is 12.5. The van der Waals surface area contributed by atoms with E-state index in [1.165, 1.54) is 4.57 Å². The molecule has 21 heavy (non-hydrogen) atoms. The van der Waals surface area contributed by atoms with E-state index in [0.717, 1.165) is 30.4 Å². The fourth-order valence-corrected chi connectivity index (χ4v) is 2.51. The van der Waals surface area contributed by atoms with Gasteiger partial charge >= 0.3 is 5.69 Å². The van der Waals surface area contributed by atoms with E-state index in [2.05, 4.69) is 11.9 Å². The van der Waals surface area contributed by atoms with Crippen LogP contribution < -0.4 is 11.2 Å². The van der Waals surface area contributed by atoms with Crippen molar-refractivity contribution in [1.82, 2.24) is 9.55 Å². The number of benzene rings is 1. The topological polar surface area (TPSA) is 54.9 Å². The van der Waals surface area contributed by atoms with Crippen molar-refractivity contribution in [3.05, 3.63) is 55.8 Å². The Morgan fingerprint density at radius 2 is 1.81 bits per heavy atom. The zero-order chi connectivity index (χ0) is 15.4. The summed E-state index contributed by atoms with van der Waals surface area (Å²) in [6.45, 7) is 4.46. The summed E-state index contributed by atoms with van der Waals surface area (Å²) >= 11 is 6.07. The van der Waals surface area contributed by atoms with Crippen LogP contribution in [0.5, 0.6) is 0 Å². The van der Waals surface area contributed by atoms with Crippen molar-refractivity contribution >= 4 is 11.6 Å². The molecule has 1 aromatic heterocycles. The minimum absolute atomic E-state index is 0.0978. The van der Waals surface area contributed by atoms with Gasteiger partial charge in [-0.05, 0) is 18.9 Å². The lowest BCUT2D eigenvalue weighted by Crippen LogP contribution is -2.36. The number of hydrogen-bond acceptors (Lipinski definition) is 2. The Labute approximate surface area is 128 Å². The van der Waals surface area contributed by atoms with Gasteiger partial charge in [0.1, 0.15) is 5.15 Å². The number of rotatable bonds is 5. The number of unbranched alkanes of at least 4 members (excludes halogenated alkanes) is 2. The van der Waals surface area contributed by atoms with E-state index in [0.29, 0.717) is 12.1 Å². The van der Waals surface area contributed by atoms with Gasteiger partial charge in [0.25, 0.3) is 5.56 Å². The number of nitrogens with one attached hydrogen (secondary N) is 1. The second kappa shape index (κ2) is 6.76.